The van der Waals surface area contributed by atoms with Gasteiger partial charge >= 0.3 is 0 Å². The molecular formula is C18H22ClNO. The summed E-state index contributed by atoms with van der Waals surface area (Å²) in [4.78, 5) is 0. The molecule has 2 aromatic carbocycles. The lowest BCUT2D eigenvalue weighted by atomic mass is 9.95. The van der Waals surface area contributed by atoms with E-state index in [0.29, 0.717) is 6.61 Å². The Morgan fingerprint density at radius 2 is 1.71 bits per heavy atom. The third kappa shape index (κ3) is 3.58. The molecule has 0 aliphatic rings. The highest BCUT2D eigenvalue weighted by molar-refractivity contribution is 6.31. The SMILES string of the molecule is CCOc1ccc(C(NC)c2cc(C)c(C)cc2Cl)cc1. The average molecular weight is 304 g/mol. The lowest BCUT2D eigenvalue weighted by molar-refractivity contribution is 0.340. The number of rotatable bonds is 5. The van der Waals surface area contributed by atoms with Gasteiger partial charge in [-0.15, -0.1) is 0 Å². The Bertz CT molecular complexity index is 607. The summed E-state index contributed by atoms with van der Waals surface area (Å²) < 4.78 is 5.49. The van der Waals surface area contributed by atoms with E-state index in [0.717, 1.165) is 16.3 Å². The third-order valence-electron chi connectivity index (χ3n) is 3.74. The zero-order valence-corrected chi connectivity index (χ0v) is 13.8. The molecule has 0 amide bonds. The van der Waals surface area contributed by atoms with Crippen LogP contribution in [0.25, 0.3) is 0 Å². The lowest BCUT2D eigenvalue weighted by Crippen LogP contribution is -2.18. The van der Waals surface area contributed by atoms with Crippen LogP contribution in [0.3, 0.4) is 0 Å². The Balaban J connectivity index is 2.37. The molecule has 21 heavy (non-hydrogen) atoms. The molecule has 1 atom stereocenters. The number of hydrogen-bond donors (Lipinski definition) is 1. The predicted molar refractivity (Wildman–Crippen MR) is 89.4 cm³/mol. The Hall–Kier alpha value is -1.51. The summed E-state index contributed by atoms with van der Waals surface area (Å²) in [5.74, 6) is 0.891. The van der Waals surface area contributed by atoms with E-state index in [1.807, 2.05) is 32.2 Å². The lowest BCUT2D eigenvalue weighted by Gasteiger charge is -2.20. The molecule has 2 rings (SSSR count). The first-order valence-corrected chi connectivity index (χ1v) is 7.61. The van der Waals surface area contributed by atoms with Crippen LogP contribution in [0.5, 0.6) is 5.75 Å². The summed E-state index contributed by atoms with van der Waals surface area (Å²) >= 11 is 6.44. The van der Waals surface area contributed by atoms with Crippen LogP contribution >= 0.6 is 11.6 Å². The van der Waals surface area contributed by atoms with E-state index >= 15 is 0 Å². The number of hydrogen-bond acceptors (Lipinski definition) is 2. The molecule has 0 spiro atoms. The van der Waals surface area contributed by atoms with Gasteiger partial charge in [0.2, 0.25) is 0 Å². The summed E-state index contributed by atoms with van der Waals surface area (Å²) in [6.45, 7) is 6.85. The first-order chi connectivity index (χ1) is 10.1. The number of benzene rings is 2. The molecule has 0 saturated carbocycles. The second-order valence-electron chi connectivity index (χ2n) is 5.18. The van der Waals surface area contributed by atoms with Crippen molar-refractivity contribution in [3.8, 4) is 5.75 Å². The van der Waals surface area contributed by atoms with Crippen molar-refractivity contribution >= 4 is 11.6 Å². The van der Waals surface area contributed by atoms with E-state index in [9.17, 15) is 0 Å². The molecule has 1 N–H and O–H groups in total. The largest absolute Gasteiger partial charge is 0.494 e. The van der Waals surface area contributed by atoms with Gasteiger partial charge in [0.25, 0.3) is 0 Å². The van der Waals surface area contributed by atoms with E-state index in [4.69, 9.17) is 16.3 Å². The number of ether oxygens (including phenoxy) is 1. The van der Waals surface area contributed by atoms with Crippen LogP contribution in [-0.4, -0.2) is 13.7 Å². The van der Waals surface area contributed by atoms with Gasteiger partial charge in [0.15, 0.2) is 0 Å². The Labute approximate surface area is 132 Å². The molecule has 0 aromatic heterocycles. The minimum atomic E-state index is 0.0764. The molecule has 0 aliphatic carbocycles. The van der Waals surface area contributed by atoms with E-state index in [1.165, 1.54) is 16.7 Å². The van der Waals surface area contributed by atoms with Gasteiger partial charge < -0.3 is 10.1 Å². The topological polar surface area (TPSA) is 21.3 Å². The van der Waals surface area contributed by atoms with Gasteiger partial charge in [0, 0.05) is 5.02 Å². The highest BCUT2D eigenvalue weighted by atomic mass is 35.5. The Morgan fingerprint density at radius 1 is 1.10 bits per heavy atom. The van der Waals surface area contributed by atoms with Crippen molar-refractivity contribution in [1.29, 1.82) is 0 Å². The van der Waals surface area contributed by atoms with Gasteiger partial charge in [-0.3, -0.25) is 0 Å². The molecule has 112 valence electrons. The molecule has 2 aromatic rings. The molecule has 0 radical (unpaired) electrons. The van der Waals surface area contributed by atoms with Crippen molar-refractivity contribution in [1.82, 2.24) is 5.32 Å². The molecule has 0 aliphatic heterocycles. The molecule has 0 saturated heterocycles. The summed E-state index contributed by atoms with van der Waals surface area (Å²) in [6.07, 6.45) is 0. The Morgan fingerprint density at radius 3 is 2.29 bits per heavy atom. The van der Waals surface area contributed by atoms with Crippen LogP contribution in [0.4, 0.5) is 0 Å². The quantitative estimate of drug-likeness (QED) is 0.867. The maximum absolute atomic E-state index is 6.44. The summed E-state index contributed by atoms with van der Waals surface area (Å²) in [5, 5.41) is 4.15. The summed E-state index contributed by atoms with van der Waals surface area (Å²) in [7, 11) is 1.95. The molecule has 0 fully saturated rings. The van der Waals surface area contributed by atoms with Crippen LogP contribution < -0.4 is 10.1 Å². The van der Waals surface area contributed by atoms with Crippen molar-refractivity contribution in [2.45, 2.75) is 26.8 Å². The van der Waals surface area contributed by atoms with Gasteiger partial charge in [-0.25, -0.2) is 0 Å². The molecule has 0 bridgehead atoms. The molecule has 3 heteroatoms. The predicted octanol–water partition coefficient (Wildman–Crippen LogP) is 4.66. The zero-order valence-electron chi connectivity index (χ0n) is 13.0. The van der Waals surface area contributed by atoms with Crippen LogP contribution in [0.15, 0.2) is 36.4 Å². The second kappa shape index (κ2) is 6.97. The van der Waals surface area contributed by atoms with Crippen molar-refractivity contribution in [3.63, 3.8) is 0 Å². The molecule has 1 unspecified atom stereocenters. The van der Waals surface area contributed by atoms with Gasteiger partial charge in [0.1, 0.15) is 5.75 Å². The first-order valence-electron chi connectivity index (χ1n) is 7.23. The number of halogens is 1. The van der Waals surface area contributed by atoms with E-state index in [-0.39, 0.29) is 6.04 Å². The highest BCUT2D eigenvalue weighted by Gasteiger charge is 2.16. The van der Waals surface area contributed by atoms with Gasteiger partial charge in [-0.2, -0.15) is 0 Å². The van der Waals surface area contributed by atoms with E-state index in [1.54, 1.807) is 0 Å². The van der Waals surface area contributed by atoms with E-state index in [2.05, 4.69) is 37.4 Å². The van der Waals surface area contributed by atoms with Crippen LogP contribution in [0.1, 0.15) is 35.2 Å². The fourth-order valence-electron chi connectivity index (χ4n) is 2.45. The normalized spacial score (nSPS) is 12.2. The molecule has 0 heterocycles. The maximum atomic E-state index is 6.44. The highest BCUT2D eigenvalue weighted by Crippen LogP contribution is 2.31. The fraction of sp³-hybridized carbons (Fsp3) is 0.333. The smallest absolute Gasteiger partial charge is 0.119 e. The van der Waals surface area contributed by atoms with Crippen LogP contribution in [-0.2, 0) is 0 Å². The van der Waals surface area contributed by atoms with Crippen molar-refractivity contribution < 1.29 is 4.74 Å². The van der Waals surface area contributed by atoms with E-state index < -0.39 is 0 Å². The second-order valence-corrected chi connectivity index (χ2v) is 5.59. The minimum absolute atomic E-state index is 0.0764. The van der Waals surface area contributed by atoms with Crippen LogP contribution in [0, 0.1) is 13.8 Å². The average Bonchev–Trinajstić information content (AvgIpc) is 2.47. The van der Waals surface area contributed by atoms with Crippen LogP contribution in [0.2, 0.25) is 5.02 Å². The van der Waals surface area contributed by atoms with Crippen molar-refractivity contribution in [3.05, 3.63) is 63.7 Å². The fourth-order valence-corrected chi connectivity index (χ4v) is 2.78. The van der Waals surface area contributed by atoms with Gasteiger partial charge in [0.05, 0.1) is 12.6 Å². The van der Waals surface area contributed by atoms with Gasteiger partial charge in [-0.05, 0) is 68.3 Å². The summed E-state index contributed by atoms with van der Waals surface area (Å²) in [6, 6.07) is 12.4. The third-order valence-corrected chi connectivity index (χ3v) is 4.06. The molecular weight excluding hydrogens is 282 g/mol. The Kier molecular flexibility index (Phi) is 5.27. The zero-order chi connectivity index (χ0) is 15.4. The van der Waals surface area contributed by atoms with Crippen molar-refractivity contribution in [2.75, 3.05) is 13.7 Å². The maximum Gasteiger partial charge on any atom is 0.119 e. The number of aryl methyl sites for hydroxylation is 2. The first kappa shape index (κ1) is 15.9. The van der Waals surface area contributed by atoms with Crippen molar-refractivity contribution in [2.24, 2.45) is 0 Å². The van der Waals surface area contributed by atoms with Gasteiger partial charge in [-0.1, -0.05) is 29.8 Å². The summed E-state index contributed by atoms with van der Waals surface area (Å²) in [5.41, 5.74) is 4.74. The minimum Gasteiger partial charge on any atom is -0.494 e. The monoisotopic (exact) mass is 303 g/mol. The molecule has 2 nitrogen and oxygen atoms in total. The number of nitrogens with one attached hydrogen (secondary N) is 1. The standard InChI is InChI=1S/C18H22ClNO/c1-5-21-15-8-6-14(7-9-15)18(20-4)16-10-12(2)13(3)11-17(16)19/h6-11,18,20H,5H2,1-4H3.